The van der Waals surface area contributed by atoms with E-state index in [1.54, 1.807) is 0 Å². The van der Waals surface area contributed by atoms with Crippen molar-refractivity contribution in [2.24, 2.45) is 5.92 Å². The van der Waals surface area contributed by atoms with Crippen molar-refractivity contribution in [3.63, 3.8) is 0 Å². The van der Waals surface area contributed by atoms with Gasteiger partial charge in [0.05, 0.1) is 0 Å². The van der Waals surface area contributed by atoms with Crippen LogP contribution in [0.2, 0.25) is 0 Å². The molecule has 0 saturated heterocycles. The Morgan fingerprint density at radius 3 is 2.64 bits per heavy atom. The molecule has 0 saturated carbocycles. The third kappa shape index (κ3) is 6.24. The number of allylic oxidation sites excluding steroid dienone is 8. The summed E-state index contributed by atoms with van der Waals surface area (Å²) < 4.78 is 0. The van der Waals surface area contributed by atoms with Gasteiger partial charge < -0.3 is 0 Å². The van der Waals surface area contributed by atoms with Crippen LogP contribution in [-0.4, -0.2) is 0 Å². The van der Waals surface area contributed by atoms with Crippen molar-refractivity contribution in [1.29, 1.82) is 0 Å². The summed E-state index contributed by atoms with van der Waals surface area (Å²) >= 11 is 0. The Balaban J connectivity index is 3.98. The molecule has 0 aliphatic carbocycles. The van der Waals surface area contributed by atoms with Crippen molar-refractivity contribution in [2.75, 3.05) is 0 Å². The Morgan fingerprint density at radius 2 is 2.07 bits per heavy atom. The van der Waals surface area contributed by atoms with Gasteiger partial charge in [-0.05, 0) is 24.8 Å². The first-order chi connectivity index (χ1) is 6.72. The van der Waals surface area contributed by atoms with Crippen LogP contribution in [0.5, 0.6) is 0 Å². The molecule has 0 spiro atoms. The molecule has 0 heterocycles. The van der Waals surface area contributed by atoms with Crippen molar-refractivity contribution in [3.05, 3.63) is 61.3 Å². The third-order valence-corrected chi connectivity index (χ3v) is 1.93. The molecule has 0 aliphatic rings. The summed E-state index contributed by atoms with van der Waals surface area (Å²) in [7, 11) is 0. The minimum atomic E-state index is 0.420. The smallest absolute Gasteiger partial charge is 0.00164 e. The maximum atomic E-state index is 4.00. The molecule has 0 nitrogen and oxygen atoms in total. The minimum Gasteiger partial charge on any atom is -0.103 e. The van der Waals surface area contributed by atoms with E-state index in [0.717, 1.165) is 12.0 Å². The lowest BCUT2D eigenvalue weighted by molar-refractivity contribution is 0.894. The Bertz CT molecular complexity index is 251. The predicted octanol–water partition coefficient (Wildman–Crippen LogP) is 4.44. The van der Waals surface area contributed by atoms with Gasteiger partial charge in [-0.1, -0.05) is 56.0 Å². The summed E-state index contributed by atoms with van der Waals surface area (Å²) in [5.74, 6) is 0.420. The lowest BCUT2D eigenvalue weighted by Crippen LogP contribution is -1.89. The van der Waals surface area contributed by atoms with Crippen LogP contribution in [0, 0.1) is 5.92 Å². The van der Waals surface area contributed by atoms with Crippen molar-refractivity contribution in [1.82, 2.24) is 0 Å². The van der Waals surface area contributed by atoms with E-state index in [4.69, 9.17) is 0 Å². The average Bonchev–Trinajstić information content (AvgIpc) is 2.17. The SMILES string of the molecule is C=CCC=CC=CC(=C)C(C)C=CC. The summed E-state index contributed by atoms with van der Waals surface area (Å²) in [6.45, 7) is 11.8. The van der Waals surface area contributed by atoms with Gasteiger partial charge >= 0.3 is 0 Å². The Hall–Kier alpha value is -1.30. The fourth-order valence-electron chi connectivity index (χ4n) is 0.997. The van der Waals surface area contributed by atoms with Gasteiger partial charge in [0.15, 0.2) is 0 Å². The first-order valence-corrected chi connectivity index (χ1v) is 4.98. The highest BCUT2D eigenvalue weighted by molar-refractivity contribution is 5.24. The highest BCUT2D eigenvalue weighted by Crippen LogP contribution is 2.10. The van der Waals surface area contributed by atoms with Gasteiger partial charge in [-0.2, -0.15) is 0 Å². The molecule has 0 rings (SSSR count). The van der Waals surface area contributed by atoms with Crippen molar-refractivity contribution < 1.29 is 0 Å². The molecule has 1 unspecified atom stereocenters. The number of hydrogen-bond acceptors (Lipinski definition) is 0. The Morgan fingerprint density at radius 1 is 1.36 bits per heavy atom. The topological polar surface area (TPSA) is 0 Å². The zero-order valence-corrected chi connectivity index (χ0v) is 9.24. The Labute approximate surface area is 88.0 Å². The van der Waals surface area contributed by atoms with Crippen LogP contribution in [0.4, 0.5) is 0 Å². The second kappa shape index (κ2) is 8.31. The van der Waals surface area contributed by atoms with E-state index in [9.17, 15) is 0 Å². The molecule has 0 aliphatic heterocycles. The van der Waals surface area contributed by atoms with Crippen LogP contribution in [-0.2, 0) is 0 Å². The summed E-state index contributed by atoms with van der Waals surface area (Å²) in [5, 5.41) is 0. The van der Waals surface area contributed by atoms with Gasteiger partial charge in [0.2, 0.25) is 0 Å². The molecule has 0 bridgehead atoms. The average molecular weight is 188 g/mol. The van der Waals surface area contributed by atoms with Gasteiger partial charge in [0, 0.05) is 0 Å². The molecule has 0 fully saturated rings. The maximum absolute atomic E-state index is 4.00. The van der Waals surface area contributed by atoms with Crippen LogP contribution < -0.4 is 0 Å². The molecule has 0 aromatic carbocycles. The number of rotatable bonds is 6. The van der Waals surface area contributed by atoms with E-state index in [2.05, 4.69) is 38.3 Å². The first kappa shape index (κ1) is 12.7. The minimum absolute atomic E-state index is 0.420. The van der Waals surface area contributed by atoms with E-state index in [1.807, 2.05) is 31.2 Å². The molecule has 0 aromatic heterocycles. The summed E-state index contributed by atoms with van der Waals surface area (Å²) in [5.41, 5.74) is 1.13. The highest BCUT2D eigenvalue weighted by atomic mass is 14.0. The summed E-state index contributed by atoms with van der Waals surface area (Å²) in [6.07, 6.45) is 15.1. The van der Waals surface area contributed by atoms with Crippen molar-refractivity contribution >= 4 is 0 Å². The summed E-state index contributed by atoms with van der Waals surface area (Å²) in [4.78, 5) is 0. The van der Waals surface area contributed by atoms with Gasteiger partial charge in [-0.15, -0.1) is 6.58 Å². The molecular formula is C14H20. The summed E-state index contributed by atoms with van der Waals surface area (Å²) in [6, 6.07) is 0. The van der Waals surface area contributed by atoms with Crippen LogP contribution in [0.1, 0.15) is 20.3 Å². The molecule has 0 N–H and O–H groups in total. The van der Waals surface area contributed by atoms with Gasteiger partial charge in [-0.25, -0.2) is 0 Å². The molecule has 76 valence electrons. The van der Waals surface area contributed by atoms with Crippen LogP contribution in [0.3, 0.4) is 0 Å². The molecular weight excluding hydrogens is 168 g/mol. The lowest BCUT2D eigenvalue weighted by atomic mass is 10.0. The van der Waals surface area contributed by atoms with Gasteiger partial charge in [0.25, 0.3) is 0 Å². The normalized spacial score (nSPS) is 14.1. The van der Waals surface area contributed by atoms with E-state index in [1.165, 1.54) is 0 Å². The van der Waals surface area contributed by atoms with Crippen LogP contribution >= 0.6 is 0 Å². The molecule has 0 heteroatoms. The standard InChI is InChI=1S/C14H20/c1-5-7-8-9-10-12-14(4)13(3)11-6-2/h5-6,8-13H,1,4,7H2,2-3H3. The Kier molecular flexibility index (Phi) is 7.53. The largest absolute Gasteiger partial charge is 0.103 e. The monoisotopic (exact) mass is 188 g/mol. The molecule has 14 heavy (non-hydrogen) atoms. The second-order valence-electron chi connectivity index (χ2n) is 3.20. The number of hydrogen-bond donors (Lipinski definition) is 0. The molecule has 1 atom stereocenters. The highest BCUT2D eigenvalue weighted by Gasteiger charge is 1.96. The van der Waals surface area contributed by atoms with Gasteiger partial charge in [0.1, 0.15) is 0 Å². The van der Waals surface area contributed by atoms with Crippen molar-refractivity contribution in [2.45, 2.75) is 20.3 Å². The zero-order chi connectivity index (χ0) is 10.8. The van der Waals surface area contributed by atoms with E-state index in [-0.39, 0.29) is 0 Å². The quantitative estimate of drug-likeness (QED) is 0.427. The van der Waals surface area contributed by atoms with Crippen molar-refractivity contribution in [3.8, 4) is 0 Å². The van der Waals surface area contributed by atoms with E-state index < -0.39 is 0 Å². The van der Waals surface area contributed by atoms with E-state index in [0.29, 0.717) is 5.92 Å². The van der Waals surface area contributed by atoms with Crippen LogP contribution in [0.25, 0.3) is 0 Å². The maximum Gasteiger partial charge on any atom is -0.00164 e. The fraction of sp³-hybridized carbons (Fsp3) is 0.286. The fourth-order valence-corrected chi connectivity index (χ4v) is 0.997. The predicted molar refractivity (Wildman–Crippen MR) is 66.2 cm³/mol. The van der Waals surface area contributed by atoms with Gasteiger partial charge in [-0.3, -0.25) is 0 Å². The third-order valence-electron chi connectivity index (χ3n) is 1.93. The molecule has 0 radical (unpaired) electrons. The lowest BCUT2D eigenvalue weighted by Gasteiger charge is -2.03. The first-order valence-electron chi connectivity index (χ1n) is 4.98. The van der Waals surface area contributed by atoms with Crippen LogP contribution in [0.15, 0.2) is 61.3 Å². The van der Waals surface area contributed by atoms with E-state index >= 15 is 0 Å². The molecule has 0 aromatic rings. The second-order valence-corrected chi connectivity index (χ2v) is 3.20. The zero-order valence-electron chi connectivity index (χ0n) is 9.24. The molecule has 0 amide bonds.